The summed E-state index contributed by atoms with van der Waals surface area (Å²) in [6.07, 6.45) is 3.74. The molecular formula is C12H20N2O4. The first-order valence-corrected chi connectivity index (χ1v) is 6.48. The number of urea groups is 1. The van der Waals surface area contributed by atoms with Crippen LogP contribution in [0, 0.1) is 5.41 Å². The number of aliphatic hydroxyl groups excluding tert-OH is 1. The smallest absolute Gasteiger partial charge is 0.317 e. The van der Waals surface area contributed by atoms with Crippen LogP contribution < -0.4 is 5.32 Å². The number of hydrogen-bond donors (Lipinski definition) is 3. The van der Waals surface area contributed by atoms with Crippen molar-refractivity contribution in [1.29, 1.82) is 0 Å². The molecule has 6 heteroatoms. The maximum atomic E-state index is 12.0. The van der Waals surface area contributed by atoms with Gasteiger partial charge in [0, 0.05) is 25.7 Å². The third kappa shape index (κ3) is 2.58. The van der Waals surface area contributed by atoms with E-state index in [1.165, 1.54) is 0 Å². The number of carboxylic acids is 1. The Labute approximate surface area is 106 Å². The number of carbonyl (C=O) groups excluding carboxylic acids is 1. The Balaban J connectivity index is 1.82. The number of aliphatic hydroxyl groups is 1. The molecule has 6 nitrogen and oxygen atoms in total. The summed E-state index contributed by atoms with van der Waals surface area (Å²) in [6.45, 7) is 0.980. The molecule has 1 saturated heterocycles. The van der Waals surface area contributed by atoms with Gasteiger partial charge < -0.3 is 20.4 Å². The second-order valence-electron chi connectivity index (χ2n) is 5.25. The number of carboxylic acid groups (broad SMARTS) is 1. The lowest BCUT2D eigenvalue weighted by molar-refractivity contribution is -0.143. The molecule has 2 rings (SSSR count). The summed E-state index contributed by atoms with van der Waals surface area (Å²) in [4.78, 5) is 24.7. The molecule has 1 aliphatic heterocycles. The molecule has 0 aromatic rings. The third-order valence-electron chi connectivity index (χ3n) is 3.99. The predicted octanol–water partition coefficient (Wildman–Crippen LogP) is 0.408. The van der Waals surface area contributed by atoms with Gasteiger partial charge in [0.15, 0.2) is 0 Å². The molecule has 102 valence electrons. The maximum absolute atomic E-state index is 12.0. The fourth-order valence-electron chi connectivity index (χ4n) is 2.52. The molecular weight excluding hydrogens is 236 g/mol. The summed E-state index contributed by atoms with van der Waals surface area (Å²) >= 11 is 0. The van der Waals surface area contributed by atoms with Crippen molar-refractivity contribution in [3.05, 3.63) is 0 Å². The summed E-state index contributed by atoms with van der Waals surface area (Å²) < 4.78 is 0. The van der Waals surface area contributed by atoms with E-state index < -0.39 is 11.4 Å². The van der Waals surface area contributed by atoms with E-state index in [9.17, 15) is 9.59 Å². The molecule has 1 unspecified atom stereocenters. The third-order valence-corrected chi connectivity index (χ3v) is 3.99. The highest BCUT2D eigenvalue weighted by Crippen LogP contribution is 2.45. The van der Waals surface area contributed by atoms with Crippen molar-refractivity contribution in [2.45, 2.75) is 38.1 Å². The van der Waals surface area contributed by atoms with Gasteiger partial charge in [-0.3, -0.25) is 4.79 Å². The highest BCUT2D eigenvalue weighted by Gasteiger charge is 2.50. The lowest BCUT2D eigenvalue weighted by atomic mass is 10.1. The molecule has 18 heavy (non-hydrogen) atoms. The summed E-state index contributed by atoms with van der Waals surface area (Å²) in [5, 5.41) is 20.7. The van der Waals surface area contributed by atoms with Gasteiger partial charge in [-0.15, -0.1) is 0 Å². The molecule has 3 N–H and O–H groups in total. The van der Waals surface area contributed by atoms with Crippen LogP contribution in [0.15, 0.2) is 0 Å². The molecule has 1 aliphatic carbocycles. The Morgan fingerprint density at radius 2 is 2.11 bits per heavy atom. The van der Waals surface area contributed by atoms with Crippen LogP contribution in [0.2, 0.25) is 0 Å². The summed E-state index contributed by atoms with van der Waals surface area (Å²) in [7, 11) is 0. The monoisotopic (exact) mass is 256 g/mol. The molecule has 2 amide bonds. The van der Waals surface area contributed by atoms with Gasteiger partial charge in [0.25, 0.3) is 0 Å². The second kappa shape index (κ2) is 5.14. The lowest BCUT2D eigenvalue weighted by Crippen LogP contribution is -2.45. The Morgan fingerprint density at radius 3 is 2.67 bits per heavy atom. The van der Waals surface area contributed by atoms with E-state index in [-0.39, 0.29) is 25.2 Å². The van der Waals surface area contributed by atoms with E-state index >= 15 is 0 Å². The zero-order valence-corrected chi connectivity index (χ0v) is 10.4. The van der Waals surface area contributed by atoms with Crippen LogP contribution in [-0.2, 0) is 4.79 Å². The minimum atomic E-state index is -0.823. The Morgan fingerprint density at radius 1 is 1.39 bits per heavy atom. The largest absolute Gasteiger partial charge is 0.481 e. The average molecular weight is 256 g/mol. The molecule has 1 heterocycles. The van der Waals surface area contributed by atoms with Crippen LogP contribution in [0.5, 0.6) is 0 Å². The lowest BCUT2D eigenvalue weighted by Gasteiger charge is -2.25. The predicted molar refractivity (Wildman–Crippen MR) is 64.1 cm³/mol. The minimum Gasteiger partial charge on any atom is -0.481 e. The van der Waals surface area contributed by atoms with Crippen LogP contribution in [0.3, 0.4) is 0 Å². The van der Waals surface area contributed by atoms with Crippen molar-refractivity contribution < 1.29 is 19.8 Å². The first kappa shape index (κ1) is 13.1. The normalized spacial score (nSPS) is 24.9. The van der Waals surface area contributed by atoms with E-state index in [0.29, 0.717) is 25.8 Å². The second-order valence-corrected chi connectivity index (χ2v) is 5.25. The molecule has 2 aliphatic rings. The van der Waals surface area contributed by atoms with Gasteiger partial charge in [-0.1, -0.05) is 0 Å². The number of carbonyl (C=O) groups is 2. The van der Waals surface area contributed by atoms with Crippen LogP contribution in [0.1, 0.15) is 32.1 Å². The van der Waals surface area contributed by atoms with E-state index in [4.69, 9.17) is 10.2 Å². The summed E-state index contributed by atoms with van der Waals surface area (Å²) in [5.74, 6) is -0.823. The summed E-state index contributed by atoms with van der Waals surface area (Å²) in [6, 6.07) is -0.103. The Kier molecular flexibility index (Phi) is 3.75. The molecule has 0 bridgehead atoms. The van der Waals surface area contributed by atoms with Crippen LogP contribution in [0.4, 0.5) is 4.79 Å². The number of likely N-dealkylation sites (tertiary alicyclic amines) is 1. The van der Waals surface area contributed by atoms with Gasteiger partial charge in [0.1, 0.15) is 0 Å². The van der Waals surface area contributed by atoms with Crippen LogP contribution in [0.25, 0.3) is 0 Å². The number of hydrogen-bond acceptors (Lipinski definition) is 3. The average Bonchev–Trinajstić information content (AvgIpc) is 3.00. The van der Waals surface area contributed by atoms with Crippen LogP contribution in [-0.4, -0.2) is 52.9 Å². The minimum absolute atomic E-state index is 0.0769. The highest BCUT2D eigenvalue weighted by molar-refractivity contribution is 5.80. The molecule has 0 aromatic carbocycles. The fourth-order valence-corrected chi connectivity index (χ4v) is 2.52. The molecule has 2 fully saturated rings. The SMILES string of the molecule is O=C(NCC1(C(=O)O)CC1)N1CCCC1CCO. The van der Waals surface area contributed by atoms with Gasteiger partial charge in [-0.2, -0.15) is 0 Å². The zero-order valence-electron chi connectivity index (χ0n) is 10.4. The van der Waals surface area contributed by atoms with Crippen molar-refractivity contribution >= 4 is 12.0 Å². The number of nitrogens with zero attached hydrogens (tertiary/aromatic N) is 1. The van der Waals surface area contributed by atoms with E-state index in [0.717, 1.165) is 12.8 Å². The van der Waals surface area contributed by atoms with Gasteiger partial charge >= 0.3 is 12.0 Å². The number of aliphatic carboxylic acids is 1. The first-order valence-electron chi connectivity index (χ1n) is 6.48. The quantitative estimate of drug-likeness (QED) is 0.664. The molecule has 1 atom stereocenters. The van der Waals surface area contributed by atoms with Gasteiger partial charge in [0.2, 0.25) is 0 Å². The maximum Gasteiger partial charge on any atom is 0.317 e. The number of nitrogens with one attached hydrogen (secondary N) is 1. The Bertz CT molecular complexity index is 341. The molecule has 0 radical (unpaired) electrons. The summed E-state index contributed by atoms with van der Waals surface area (Å²) in [5.41, 5.74) is -0.720. The Hall–Kier alpha value is -1.30. The van der Waals surface area contributed by atoms with Gasteiger partial charge in [-0.05, 0) is 32.1 Å². The number of rotatable bonds is 5. The van der Waals surface area contributed by atoms with Crippen molar-refractivity contribution in [2.75, 3.05) is 19.7 Å². The first-order chi connectivity index (χ1) is 8.59. The topological polar surface area (TPSA) is 89.9 Å². The fraction of sp³-hybridized carbons (Fsp3) is 0.833. The van der Waals surface area contributed by atoms with E-state index in [1.807, 2.05) is 0 Å². The van der Waals surface area contributed by atoms with Crippen molar-refractivity contribution in [2.24, 2.45) is 5.41 Å². The van der Waals surface area contributed by atoms with Gasteiger partial charge in [0.05, 0.1) is 5.41 Å². The number of amides is 2. The van der Waals surface area contributed by atoms with Crippen LogP contribution >= 0.6 is 0 Å². The molecule has 1 saturated carbocycles. The van der Waals surface area contributed by atoms with E-state index in [1.54, 1.807) is 4.90 Å². The van der Waals surface area contributed by atoms with Crippen molar-refractivity contribution in [3.8, 4) is 0 Å². The molecule has 0 aromatic heterocycles. The molecule has 0 spiro atoms. The van der Waals surface area contributed by atoms with Crippen molar-refractivity contribution in [3.63, 3.8) is 0 Å². The highest BCUT2D eigenvalue weighted by atomic mass is 16.4. The van der Waals surface area contributed by atoms with E-state index in [2.05, 4.69) is 5.32 Å². The van der Waals surface area contributed by atoms with Gasteiger partial charge in [-0.25, -0.2) is 4.79 Å². The standard InChI is InChI=1S/C12H20N2O4/c15-7-3-9-2-1-6-14(9)11(18)13-8-12(4-5-12)10(16)17/h9,15H,1-8H2,(H,13,18)(H,16,17). The van der Waals surface area contributed by atoms with Crippen molar-refractivity contribution in [1.82, 2.24) is 10.2 Å². The zero-order chi connectivity index (χ0) is 13.2.